The number of aromatic nitrogens is 2. The highest BCUT2D eigenvalue weighted by Crippen LogP contribution is 2.34. The average Bonchev–Trinajstić information content (AvgIpc) is 3.22. The van der Waals surface area contributed by atoms with Gasteiger partial charge in [0.2, 0.25) is 0 Å². The molecule has 0 amide bonds. The van der Waals surface area contributed by atoms with E-state index in [2.05, 4.69) is 34.1 Å². The van der Waals surface area contributed by atoms with Crippen molar-refractivity contribution in [2.24, 2.45) is 0 Å². The highest BCUT2D eigenvalue weighted by molar-refractivity contribution is 6.31. The number of nitrogens with one attached hydrogen (secondary N) is 1. The Kier molecular flexibility index (Phi) is 3.66. The maximum absolute atomic E-state index is 6.13. The van der Waals surface area contributed by atoms with Gasteiger partial charge in [-0.1, -0.05) is 16.8 Å². The molecule has 1 atom stereocenters. The van der Waals surface area contributed by atoms with Crippen LogP contribution in [0.5, 0.6) is 0 Å². The number of benzene rings is 1. The Morgan fingerprint density at radius 1 is 1.35 bits per heavy atom. The molecular formula is C18H20ClN3O. The summed E-state index contributed by atoms with van der Waals surface area (Å²) < 4.78 is 5.26. The summed E-state index contributed by atoms with van der Waals surface area (Å²) in [4.78, 5) is 6.03. The van der Waals surface area contributed by atoms with Crippen LogP contribution in [0, 0.1) is 13.8 Å². The van der Waals surface area contributed by atoms with Gasteiger partial charge in [0.1, 0.15) is 11.5 Å². The van der Waals surface area contributed by atoms with Crippen LogP contribution in [0.4, 0.5) is 0 Å². The van der Waals surface area contributed by atoms with Gasteiger partial charge in [-0.15, -0.1) is 0 Å². The normalized spacial score (nSPS) is 19.0. The van der Waals surface area contributed by atoms with Crippen LogP contribution in [0.1, 0.15) is 41.6 Å². The smallest absolute Gasteiger partial charge is 0.133 e. The fourth-order valence-corrected chi connectivity index (χ4v) is 3.78. The molecule has 1 fully saturated rings. The van der Waals surface area contributed by atoms with Crippen molar-refractivity contribution < 1.29 is 4.52 Å². The number of aryl methyl sites for hydroxylation is 2. The number of nitrogens with zero attached hydrogens (tertiary/aromatic N) is 2. The molecule has 1 aliphatic heterocycles. The summed E-state index contributed by atoms with van der Waals surface area (Å²) in [5.74, 6) is 0.878. The number of rotatable bonds is 3. The summed E-state index contributed by atoms with van der Waals surface area (Å²) in [7, 11) is 0. The third-order valence-corrected chi connectivity index (χ3v) is 5.07. The number of aromatic amines is 1. The Hall–Kier alpha value is -1.78. The van der Waals surface area contributed by atoms with Crippen LogP contribution in [0.3, 0.4) is 0 Å². The van der Waals surface area contributed by atoms with Crippen LogP contribution in [-0.4, -0.2) is 21.6 Å². The second kappa shape index (κ2) is 5.69. The molecule has 4 nitrogen and oxygen atoms in total. The lowest BCUT2D eigenvalue weighted by molar-refractivity contribution is 0.234. The summed E-state index contributed by atoms with van der Waals surface area (Å²) in [6.07, 6.45) is 2.33. The van der Waals surface area contributed by atoms with Crippen molar-refractivity contribution in [3.05, 3.63) is 52.0 Å². The number of fused-ring (bicyclic) bond motifs is 1. The molecule has 0 bridgehead atoms. The largest absolute Gasteiger partial charge is 0.361 e. The van der Waals surface area contributed by atoms with Crippen LogP contribution in [0.25, 0.3) is 10.9 Å². The zero-order chi connectivity index (χ0) is 16.0. The summed E-state index contributed by atoms with van der Waals surface area (Å²) in [6.45, 7) is 6.10. The minimum atomic E-state index is 0.349. The van der Waals surface area contributed by atoms with E-state index in [4.69, 9.17) is 16.1 Å². The molecule has 120 valence electrons. The van der Waals surface area contributed by atoms with E-state index < -0.39 is 0 Å². The molecule has 3 aromatic rings. The van der Waals surface area contributed by atoms with Gasteiger partial charge < -0.3 is 9.51 Å². The first-order valence-corrected chi connectivity index (χ1v) is 8.43. The van der Waals surface area contributed by atoms with Crippen molar-refractivity contribution in [1.82, 2.24) is 15.0 Å². The average molecular weight is 330 g/mol. The van der Waals surface area contributed by atoms with Gasteiger partial charge in [0, 0.05) is 34.2 Å². The Bertz CT molecular complexity index is 851. The summed E-state index contributed by atoms with van der Waals surface area (Å²) in [5, 5.41) is 6.21. The maximum Gasteiger partial charge on any atom is 0.133 e. The van der Waals surface area contributed by atoms with Gasteiger partial charge in [-0.2, -0.15) is 0 Å². The Morgan fingerprint density at radius 3 is 3.00 bits per heavy atom. The van der Waals surface area contributed by atoms with Gasteiger partial charge in [0.25, 0.3) is 0 Å². The molecule has 2 aromatic heterocycles. The zero-order valence-corrected chi connectivity index (χ0v) is 14.2. The SMILES string of the molecule is Cc1cc([C@H]2CCCN2Cc2[nH]c3ccc(Cl)cc3c2C)no1. The van der Waals surface area contributed by atoms with Crippen molar-refractivity contribution in [3.63, 3.8) is 0 Å². The fourth-order valence-electron chi connectivity index (χ4n) is 3.61. The third-order valence-electron chi connectivity index (χ3n) is 4.84. The van der Waals surface area contributed by atoms with E-state index in [9.17, 15) is 0 Å². The second-order valence-corrected chi connectivity index (χ2v) is 6.85. The van der Waals surface area contributed by atoms with E-state index in [0.717, 1.165) is 41.5 Å². The molecular weight excluding hydrogens is 310 g/mol. The van der Waals surface area contributed by atoms with Gasteiger partial charge >= 0.3 is 0 Å². The third kappa shape index (κ3) is 2.66. The Balaban J connectivity index is 1.63. The lowest BCUT2D eigenvalue weighted by atomic mass is 10.1. The van der Waals surface area contributed by atoms with Crippen LogP contribution in [-0.2, 0) is 6.54 Å². The molecule has 0 aliphatic carbocycles. The van der Waals surface area contributed by atoms with E-state index in [1.165, 1.54) is 23.1 Å². The zero-order valence-electron chi connectivity index (χ0n) is 13.4. The molecule has 1 saturated heterocycles. The molecule has 1 N–H and O–H groups in total. The monoisotopic (exact) mass is 329 g/mol. The van der Waals surface area contributed by atoms with Crippen molar-refractivity contribution >= 4 is 22.5 Å². The van der Waals surface area contributed by atoms with Crippen LogP contribution in [0.2, 0.25) is 5.02 Å². The van der Waals surface area contributed by atoms with Crippen molar-refractivity contribution in [2.75, 3.05) is 6.54 Å². The number of H-pyrrole nitrogens is 1. The fraction of sp³-hybridized carbons (Fsp3) is 0.389. The first-order valence-electron chi connectivity index (χ1n) is 8.06. The molecule has 0 unspecified atom stereocenters. The second-order valence-electron chi connectivity index (χ2n) is 6.41. The minimum Gasteiger partial charge on any atom is -0.361 e. The van der Waals surface area contributed by atoms with Gasteiger partial charge in [-0.3, -0.25) is 4.90 Å². The molecule has 23 heavy (non-hydrogen) atoms. The van der Waals surface area contributed by atoms with Crippen molar-refractivity contribution in [3.8, 4) is 0 Å². The summed E-state index contributed by atoms with van der Waals surface area (Å²) >= 11 is 6.13. The highest BCUT2D eigenvalue weighted by Gasteiger charge is 2.29. The van der Waals surface area contributed by atoms with E-state index in [1.807, 2.05) is 19.1 Å². The van der Waals surface area contributed by atoms with E-state index in [0.29, 0.717) is 6.04 Å². The topological polar surface area (TPSA) is 45.1 Å². The lowest BCUT2D eigenvalue weighted by Crippen LogP contribution is -2.23. The maximum atomic E-state index is 6.13. The van der Waals surface area contributed by atoms with Gasteiger partial charge in [-0.25, -0.2) is 0 Å². The predicted octanol–water partition coefficient (Wildman–Crippen LogP) is 4.76. The molecule has 4 rings (SSSR count). The summed E-state index contributed by atoms with van der Waals surface area (Å²) in [6, 6.07) is 8.42. The molecule has 0 radical (unpaired) electrons. The molecule has 1 aromatic carbocycles. The number of likely N-dealkylation sites (tertiary alicyclic amines) is 1. The van der Waals surface area contributed by atoms with Crippen LogP contribution >= 0.6 is 11.6 Å². The quantitative estimate of drug-likeness (QED) is 0.753. The molecule has 0 spiro atoms. The summed E-state index contributed by atoms with van der Waals surface area (Å²) in [5.41, 5.74) is 4.74. The number of hydrogen-bond donors (Lipinski definition) is 1. The molecule has 1 aliphatic rings. The molecule has 5 heteroatoms. The van der Waals surface area contributed by atoms with E-state index >= 15 is 0 Å². The predicted molar refractivity (Wildman–Crippen MR) is 91.7 cm³/mol. The number of halogens is 1. The Morgan fingerprint density at radius 2 is 2.22 bits per heavy atom. The van der Waals surface area contributed by atoms with Crippen molar-refractivity contribution in [2.45, 2.75) is 39.3 Å². The van der Waals surface area contributed by atoms with Gasteiger partial charge in [0.05, 0.1) is 6.04 Å². The standard InChI is InChI=1S/C18H20ClN3O/c1-11-8-16(21-23-11)18-4-3-7-22(18)10-17-12(2)14-9-13(19)5-6-15(14)20-17/h5-6,8-9,18,20H,3-4,7,10H2,1-2H3/t18-/m1/s1. The first-order chi connectivity index (χ1) is 11.1. The molecule has 0 saturated carbocycles. The van der Waals surface area contributed by atoms with Crippen LogP contribution < -0.4 is 0 Å². The molecule has 3 heterocycles. The number of hydrogen-bond acceptors (Lipinski definition) is 3. The Labute approximate surface area is 140 Å². The van der Waals surface area contributed by atoms with Crippen molar-refractivity contribution in [1.29, 1.82) is 0 Å². The highest BCUT2D eigenvalue weighted by atomic mass is 35.5. The van der Waals surface area contributed by atoms with Gasteiger partial charge in [-0.05, 0) is 57.0 Å². The lowest BCUT2D eigenvalue weighted by Gasteiger charge is -2.22. The van der Waals surface area contributed by atoms with Crippen LogP contribution in [0.15, 0.2) is 28.8 Å². The van der Waals surface area contributed by atoms with E-state index in [-0.39, 0.29) is 0 Å². The van der Waals surface area contributed by atoms with E-state index in [1.54, 1.807) is 0 Å². The minimum absolute atomic E-state index is 0.349. The first kappa shape index (κ1) is 14.8. The van der Waals surface area contributed by atoms with Gasteiger partial charge in [0.15, 0.2) is 0 Å².